The summed E-state index contributed by atoms with van der Waals surface area (Å²) in [7, 11) is 0. The van der Waals surface area contributed by atoms with Crippen LogP contribution in [0.2, 0.25) is 5.02 Å². The van der Waals surface area contributed by atoms with Crippen molar-refractivity contribution in [1.82, 2.24) is 0 Å². The van der Waals surface area contributed by atoms with E-state index < -0.39 is 0 Å². The lowest BCUT2D eigenvalue weighted by molar-refractivity contribution is 0.626. The number of thioether (sulfide) groups is 1. The first-order valence-corrected chi connectivity index (χ1v) is 8.41. The molecule has 1 heterocycles. The maximum Gasteiger partial charge on any atom is 0.0467 e. The van der Waals surface area contributed by atoms with E-state index in [-0.39, 0.29) is 0 Å². The Hall–Kier alpha value is 0.140. The van der Waals surface area contributed by atoms with Crippen molar-refractivity contribution in [2.24, 2.45) is 0 Å². The summed E-state index contributed by atoms with van der Waals surface area (Å²) in [5, 5.41) is 2.34. The van der Waals surface area contributed by atoms with E-state index in [0.717, 1.165) is 16.9 Å². The Bertz CT molecular complexity index is 399. The SMILES string of the molecule is CC1SCCN(c2cccc(Cl)c2CBr)C1C. The van der Waals surface area contributed by atoms with E-state index in [0.29, 0.717) is 11.3 Å². The molecule has 0 bridgehead atoms. The summed E-state index contributed by atoms with van der Waals surface area (Å²) in [6.07, 6.45) is 0. The number of benzene rings is 1. The van der Waals surface area contributed by atoms with Crippen LogP contribution in [-0.2, 0) is 5.33 Å². The van der Waals surface area contributed by atoms with Gasteiger partial charge in [0.15, 0.2) is 0 Å². The molecule has 0 aromatic heterocycles. The molecular weight excluding hydrogens is 318 g/mol. The van der Waals surface area contributed by atoms with Crippen LogP contribution in [0, 0.1) is 0 Å². The predicted molar refractivity (Wildman–Crippen MR) is 82.8 cm³/mol. The molecule has 17 heavy (non-hydrogen) atoms. The molecule has 1 aliphatic rings. The summed E-state index contributed by atoms with van der Waals surface area (Å²) in [5.74, 6) is 1.19. The quantitative estimate of drug-likeness (QED) is 0.729. The van der Waals surface area contributed by atoms with Crippen LogP contribution in [0.5, 0.6) is 0 Å². The van der Waals surface area contributed by atoms with Crippen molar-refractivity contribution in [1.29, 1.82) is 0 Å². The zero-order valence-electron chi connectivity index (χ0n) is 10.1. The van der Waals surface area contributed by atoms with Gasteiger partial charge in [-0.2, -0.15) is 11.8 Å². The molecule has 0 amide bonds. The first-order valence-electron chi connectivity index (χ1n) is 5.86. The number of rotatable bonds is 2. The summed E-state index contributed by atoms with van der Waals surface area (Å²) in [5.41, 5.74) is 2.49. The monoisotopic (exact) mass is 333 g/mol. The van der Waals surface area contributed by atoms with Crippen molar-refractivity contribution in [2.45, 2.75) is 30.5 Å². The Balaban J connectivity index is 2.35. The van der Waals surface area contributed by atoms with Crippen molar-refractivity contribution in [3.8, 4) is 0 Å². The number of alkyl halides is 1. The van der Waals surface area contributed by atoms with E-state index in [4.69, 9.17) is 11.6 Å². The molecule has 0 aliphatic carbocycles. The summed E-state index contributed by atoms with van der Waals surface area (Å²) >= 11 is 11.9. The van der Waals surface area contributed by atoms with Crippen molar-refractivity contribution >= 4 is 45.0 Å². The highest BCUT2D eigenvalue weighted by Crippen LogP contribution is 2.35. The third-order valence-corrected chi connectivity index (χ3v) is 5.67. The highest BCUT2D eigenvalue weighted by molar-refractivity contribution is 9.08. The molecule has 1 aromatic carbocycles. The normalized spacial score (nSPS) is 25.1. The summed E-state index contributed by atoms with van der Waals surface area (Å²) in [6.45, 7) is 5.71. The predicted octanol–water partition coefficient (Wildman–Crippen LogP) is 4.57. The standard InChI is InChI=1S/C13H17BrClNS/c1-9-10(2)17-7-6-16(9)13-5-3-4-12(15)11(13)8-14/h3-5,9-10H,6-8H2,1-2H3. The zero-order valence-corrected chi connectivity index (χ0v) is 13.3. The van der Waals surface area contributed by atoms with Crippen molar-refractivity contribution in [2.75, 3.05) is 17.2 Å². The van der Waals surface area contributed by atoms with Crippen LogP contribution in [0.25, 0.3) is 0 Å². The van der Waals surface area contributed by atoms with Gasteiger partial charge >= 0.3 is 0 Å². The largest absolute Gasteiger partial charge is 0.367 e. The van der Waals surface area contributed by atoms with Gasteiger partial charge in [-0.3, -0.25) is 0 Å². The van der Waals surface area contributed by atoms with Gasteiger partial charge in [-0.25, -0.2) is 0 Å². The van der Waals surface area contributed by atoms with Gasteiger partial charge in [0.25, 0.3) is 0 Å². The van der Waals surface area contributed by atoms with E-state index in [1.54, 1.807) is 0 Å². The molecule has 1 saturated heterocycles. The van der Waals surface area contributed by atoms with Gasteiger partial charge in [-0.05, 0) is 19.1 Å². The van der Waals surface area contributed by atoms with Crippen LogP contribution in [0.1, 0.15) is 19.4 Å². The highest BCUT2D eigenvalue weighted by atomic mass is 79.9. The first-order chi connectivity index (χ1) is 8.15. The minimum Gasteiger partial charge on any atom is -0.367 e. The van der Waals surface area contributed by atoms with Crippen molar-refractivity contribution < 1.29 is 0 Å². The lowest BCUT2D eigenvalue weighted by Gasteiger charge is -2.40. The van der Waals surface area contributed by atoms with Crippen molar-refractivity contribution in [3.63, 3.8) is 0 Å². The second kappa shape index (κ2) is 5.85. The highest BCUT2D eigenvalue weighted by Gasteiger charge is 2.26. The molecule has 2 rings (SSSR count). The molecule has 0 N–H and O–H groups in total. The van der Waals surface area contributed by atoms with Gasteiger partial charge in [0.05, 0.1) is 0 Å². The smallest absolute Gasteiger partial charge is 0.0467 e. The van der Waals surface area contributed by atoms with Crippen molar-refractivity contribution in [3.05, 3.63) is 28.8 Å². The molecule has 94 valence electrons. The fourth-order valence-electron chi connectivity index (χ4n) is 2.22. The molecule has 0 radical (unpaired) electrons. The average Bonchev–Trinajstić information content (AvgIpc) is 2.32. The van der Waals surface area contributed by atoms with Crippen LogP contribution in [0.4, 0.5) is 5.69 Å². The molecule has 2 atom stereocenters. The average molecular weight is 335 g/mol. The van der Waals surface area contributed by atoms with Gasteiger partial charge in [0.1, 0.15) is 0 Å². The molecule has 1 aromatic rings. The van der Waals surface area contributed by atoms with Gasteiger partial charge in [0.2, 0.25) is 0 Å². The summed E-state index contributed by atoms with van der Waals surface area (Å²) < 4.78 is 0. The molecule has 1 nitrogen and oxygen atoms in total. The van der Waals surface area contributed by atoms with E-state index in [1.165, 1.54) is 17.0 Å². The van der Waals surface area contributed by atoms with Crippen LogP contribution in [-0.4, -0.2) is 23.6 Å². The summed E-state index contributed by atoms with van der Waals surface area (Å²) in [4.78, 5) is 2.49. The first kappa shape index (κ1) is 13.6. The second-order valence-corrected chi connectivity index (χ2v) is 6.83. The number of halogens is 2. The van der Waals surface area contributed by atoms with E-state index >= 15 is 0 Å². The Labute approximate surface area is 121 Å². The van der Waals surface area contributed by atoms with Gasteiger partial charge in [-0.15, -0.1) is 0 Å². The number of hydrogen-bond acceptors (Lipinski definition) is 2. The molecule has 0 spiro atoms. The molecule has 2 unspecified atom stereocenters. The molecule has 1 aliphatic heterocycles. The fraction of sp³-hybridized carbons (Fsp3) is 0.538. The number of anilines is 1. The van der Waals surface area contributed by atoms with Crippen LogP contribution in [0.3, 0.4) is 0 Å². The topological polar surface area (TPSA) is 3.24 Å². The Kier molecular flexibility index (Phi) is 4.67. The zero-order chi connectivity index (χ0) is 12.4. The molecular formula is C13H17BrClNS. The minimum atomic E-state index is 0.560. The molecule has 1 fully saturated rings. The third-order valence-electron chi connectivity index (χ3n) is 3.42. The Morgan fingerprint density at radius 1 is 1.47 bits per heavy atom. The maximum absolute atomic E-state index is 6.27. The number of hydrogen-bond donors (Lipinski definition) is 0. The van der Waals surface area contributed by atoms with Crippen LogP contribution in [0.15, 0.2) is 18.2 Å². The Morgan fingerprint density at radius 2 is 2.24 bits per heavy atom. The minimum absolute atomic E-state index is 0.560. The molecule has 4 heteroatoms. The van der Waals surface area contributed by atoms with Gasteiger partial charge in [0, 0.05) is 45.2 Å². The summed E-state index contributed by atoms with van der Waals surface area (Å²) in [6, 6.07) is 6.75. The van der Waals surface area contributed by atoms with E-state index in [1.807, 2.05) is 12.1 Å². The third kappa shape index (κ3) is 2.77. The van der Waals surface area contributed by atoms with E-state index in [2.05, 4.69) is 52.5 Å². The lowest BCUT2D eigenvalue weighted by atomic mass is 10.1. The van der Waals surface area contributed by atoms with Crippen LogP contribution >= 0.6 is 39.3 Å². The van der Waals surface area contributed by atoms with E-state index in [9.17, 15) is 0 Å². The van der Waals surface area contributed by atoms with Gasteiger partial charge < -0.3 is 4.90 Å². The lowest BCUT2D eigenvalue weighted by Crippen LogP contribution is -2.45. The fourth-order valence-corrected chi connectivity index (χ4v) is 4.31. The van der Waals surface area contributed by atoms with Gasteiger partial charge in [-0.1, -0.05) is 40.5 Å². The Morgan fingerprint density at radius 3 is 2.94 bits per heavy atom. The van der Waals surface area contributed by atoms with Crippen LogP contribution < -0.4 is 4.90 Å². The maximum atomic E-state index is 6.27. The second-order valence-electron chi connectivity index (χ2n) is 4.38. The molecule has 0 saturated carbocycles. The number of nitrogens with zero attached hydrogens (tertiary/aromatic N) is 1.